The normalized spacial score (nSPS) is 13.0. The van der Waals surface area contributed by atoms with Gasteiger partial charge in [0.05, 0.1) is 22.3 Å². The molecule has 5 nitrogen and oxygen atoms in total. The zero-order valence-corrected chi connectivity index (χ0v) is 18.1. The van der Waals surface area contributed by atoms with E-state index in [2.05, 4.69) is 47.6 Å². The Bertz CT molecular complexity index is 853. The number of nitrogens with zero attached hydrogens (tertiary/aromatic N) is 3. The van der Waals surface area contributed by atoms with Crippen molar-refractivity contribution in [1.82, 2.24) is 19.7 Å². The van der Waals surface area contributed by atoms with Crippen molar-refractivity contribution in [1.29, 1.82) is 0 Å². The first-order valence-corrected chi connectivity index (χ1v) is 11.3. The van der Waals surface area contributed by atoms with Crippen molar-refractivity contribution in [3.63, 3.8) is 0 Å². The molecule has 0 radical (unpaired) electrons. The summed E-state index contributed by atoms with van der Waals surface area (Å²) in [6, 6.07) is 8.47. The second-order valence-electron chi connectivity index (χ2n) is 7.40. The summed E-state index contributed by atoms with van der Waals surface area (Å²) in [4.78, 5) is 8.31. The molecule has 0 unspecified atom stereocenters. The van der Waals surface area contributed by atoms with Crippen LogP contribution < -0.4 is 5.32 Å². The molecule has 27 heavy (non-hydrogen) atoms. The van der Waals surface area contributed by atoms with Gasteiger partial charge >= 0.3 is 0 Å². The van der Waals surface area contributed by atoms with Crippen LogP contribution in [0.5, 0.6) is 0 Å². The highest BCUT2D eigenvalue weighted by Crippen LogP contribution is 2.21. The number of halogens is 1. The lowest BCUT2D eigenvalue weighted by atomic mass is 10.2. The topological polar surface area (TPSA) is 63.1 Å². The van der Waals surface area contributed by atoms with E-state index in [1.807, 2.05) is 35.5 Å². The summed E-state index contributed by atoms with van der Waals surface area (Å²) >= 11 is 8.49. The zero-order valence-electron chi connectivity index (χ0n) is 16.5. The SMILES string of the molecule is CSCC[C@H]([NH2+]Cc1c(C)nn(CC(C)C)c1Cl)c1nc2ccccc2[nH]1. The van der Waals surface area contributed by atoms with Gasteiger partial charge in [-0.15, -0.1) is 0 Å². The summed E-state index contributed by atoms with van der Waals surface area (Å²) in [5.41, 5.74) is 4.26. The summed E-state index contributed by atoms with van der Waals surface area (Å²) in [6.07, 6.45) is 3.20. The van der Waals surface area contributed by atoms with Crippen LogP contribution in [0.25, 0.3) is 11.0 Å². The van der Waals surface area contributed by atoms with Crippen LogP contribution in [0.4, 0.5) is 0 Å². The molecule has 2 aromatic heterocycles. The first kappa shape index (κ1) is 20.2. The number of aryl methyl sites for hydroxylation is 1. The fourth-order valence-electron chi connectivity index (χ4n) is 3.31. The Morgan fingerprint density at radius 1 is 1.30 bits per heavy atom. The van der Waals surface area contributed by atoms with Gasteiger partial charge in [-0.05, 0) is 37.0 Å². The van der Waals surface area contributed by atoms with Crippen molar-refractivity contribution in [3.8, 4) is 0 Å². The molecule has 0 saturated heterocycles. The number of hydrogen-bond donors (Lipinski definition) is 2. The number of nitrogens with two attached hydrogens (primary N) is 1. The van der Waals surface area contributed by atoms with Crippen molar-refractivity contribution in [2.24, 2.45) is 5.92 Å². The summed E-state index contributed by atoms with van der Waals surface area (Å²) in [5.74, 6) is 2.65. The molecule has 0 aliphatic carbocycles. The second kappa shape index (κ2) is 9.13. The molecule has 1 atom stereocenters. The minimum Gasteiger partial charge on any atom is -0.337 e. The van der Waals surface area contributed by atoms with Crippen LogP contribution in [-0.4, -0.2) is 31.8 Å². The Labute approximate surface area is 170 Å². The summed E-state index contributed by atoms with van der Waals surface area (Å²) in [7, 11) is 0. The fraction of sp³-hybridized carbons (Fsp3) is 0.500. The summed E-state index contributed by atoms with van der Waals surface area (Å²) < 4.78 is 1.93. The minimum atomic E-state index is 0.272. The zero-order chi connectivity index (χ0) is 19.4. The number of rotatable bonds is 9. The lowest BCUT2D eigenvalue weighted by Gasteiger charge is -2.13. The maximum Gasteiger partial charge on any atom is 0.165 e. The first-order valence-electron chi connectivity index (χ1n) is 9.48. The van der Waals surface area contributed by atoms with Crippen molar-refractivity contribution >= 4 is 34.4 Å². The molecule has 1 aromatic carbocycles. The van der Waals surface area contributed by atoms with Gasteiger partial charge in [0.1, 0.15) is 17.7 Å². The smallest absolute Gasteiger partial charge is 0.165 e. The molecular formula is C20H29ClN5S+. The summed E-state index contributed by atoms with van der Waals surface area (Å²) in [6.45, 7) is 8.06. The number of para-hydroxylation sites is 2. The third kappa shape index (κ3) is 4.86. The lowest BCUT2D eigenvalue weighted by Crippen LogP contribution is -2.84. The highest BCUT2D eigenvalue weighted by molar-refractivity contribution is 7.98. The van der Waals surface area contributed by atoms with Crippen LogP contribution in [0, 0.1) is 12.8 Å². The van der Waals surface area contributed by atoms with Crippen LogP contribution in [0.15, 0.2) is 24.3 Å². The molecule has 0 amide bonds. The van der Waals surface area contributed by atoms with E-state index >= 15 is 0 Å². The average molecular weight is 407 g/mol. The number of nitrogens with one attached hydrogen (secondary N) is 1. The lowest BCUT2D eigenvalue weighted by molar-refractivity contribution is -0.712. The molecule has 0 spiro atoms. The largest absolute Gasteiger partial charge is 0.337 e. The van der Waals surface area contributed by atoms with Crippen LogP contribution in [0.3, 0.4) is 0 Å². The van der Waals surface area contributed by atoms with Crippen molar-refractivity contribution in [3.05, 3.63) is 46.5 Å². The highest BCUT2D eigenvalue weighted by atomic mass is 35.5. The number of quaternary nitrogens is 1. The molecule has 0 bridgehead atoms. The molecule has 0 fully saturated rings. The van der Waals surface area contributed by atoms with Gasteiger partial charge in [-0.1, -0.05) is 37.6 Å². The summed E-state index contributed by atoms with van der Waals surface area (Å²) in [5, 5.41) is 7.74. The predicted molar refractivity (Wildman–Crippen MR) is 114 cm³/mol. The molecule has 0 aliphatic rings. The molecule has 146 valence electrons. The number of imidazole rings is 1. The number of aromatic nitrogens is 4. The van der Waals surface area contributed by atoms with Crippen LogP contribution in [0.1, 0.15) is 43.4 Å². The van der Waals surface area contributed by atoms with Gasteiger partial charge in [-0.3, -0.25) is 4.68 Å². The van der Waals surface area contributed by atoms with E-state index in [1.165, 1.54) is 0 Å². The quantitative estimate of drug-likeness (QED) is 0.565. The molecule has 3 N–H and O–H groups in total. The Kier molecular flexibility index (Phi) is 6.84. The number of H-pyrrole nitrogens is 1. The molecule has 3 rings (SSSR count). The van der Waals surface area contributed by atoms with Crippen molar-refractivity contribution in [2.75, 3.05) is 12.0 Å². The van der Waals surface area contributed by atoms with Gasteiger partial charge in [0.2, 0.25) is 0 Å². The third-order valence-electron chi connectivity index (χ3n) is 4.72. The molecule has 7 heteroatoms. The number of fused-ring (bicyclic) bond motifs is 1. The van der Waals surface area contributed by atoms with Crippen LogP contribution >= 0.6 is 23.4 Å². The predicted octanol–water partition coefficient (Wildman–Crippen LogP) is 3.94. The van der Waals surface area contributed by atoms with E-state index in [9.17, 15) is 0 Å². The minimum absolute atomic E-state index is 0.272. The molecular weight excluding hydrogens is 378 g/mol. The Balaban J connectivity index is 1.78. The number of benzene rings is 1. The third-order valence-corrected chi connectivity index (χ3v) is 5.79. The van der Waals surface area contributed by atoms with Gasteiger partial charge < -0.3 is 10.3 Å². The van der Waals surface area contributed by atoms with Gasteiger partial charge in [0.25, 0.3) is 0 Å². The maximum atomic E-state index is 6.62. The van der Waals surface area contributed by atoms with Crippen molar-refractivity contribution in [2.45, 2.75) is 46.3 Å². The average Bonchev–Trinajstić information content (AvgIpc) is 3.17. The van der Waals surface area contributed by atoms with E-state index in [-0.39, 0.29) is 6.04 Å². The maximum absolute atomic E-state index is 6.62. The van der Waals surface area contributed by atoms with Crippen LogP contribution in [0.2, 0.25) is 5.15 Å². The van der Waals surface area contributed by atoms with Gasteiger partial charge in [-0.2, -0.15) is 16.9 Å². The number of thioether (sulfide) groups is 1. The van der Waals surface area contributed by atoms with E-state index in [1.54, 1.807) is 0 Å². The van der Waals surface area contributed by atoms with Gasteiger partial charge in [0, 0.05) is 13.0 Å². The van der Waals surface area contributed by atoms with E-state index in [4.69, 9.17) is 16.6 Å². The first-order chi connectivity index (χ1) is 13.0. The fourth-order valence-corrected chi connectivity index (χ4v) is 4.12. The van der Waals surface area contributed by atoms with E-state index in [0.29, 0.717) is 5.92 Å². The standard InChI is InChI=1S/C20H28ClN5S/c1-13(2)12-26-19(21)15(14(3)25-26)11-22-18(9-10-27-4)20-23-16-7-5-6-8-17(16)24-20/h5-8,13,18,22H,9-12H2,1-4H3,(H,23,24)/p+1/t18-/m0/s1. The van der Waals surface area contributed by atoms with Crippen molar-refractivity contribution < 1.29 is 5.32 Å². The Hall–Kier alpha value is -1.50. The molecule has 2 heterocycles. The Morgan fingerprint density at radius 2 is 2.07 bits per heavy atom. The molecule has 0 saturated carbocycles. The molecule has 3 aromatic rings. The van der Waals surface area contributed by atoms with E-state index < -0.39 is 0 Å². The van der Waals surface area contributed by atoms with E-state index in [0.717, 1.165) is 58.5 Å². The second-order valence-corrected chi connectivity index (χ2v) is 8.74. The monoisotopic (exact) mass is 406 g/mol. The number of hydrogen-bond acceptors (Lipinski definition) is 3. The van der Waals surface area contributed by atoms with Crippen LogP contribution in [-0.2, 0) is 13.1 Å². The Morgan fingerprint density at radius 3 is 2.78 bits per heavy atom. The van der Waals surface area contributed by atoms with Gasteiger partial charge in [0.15, 0.2) is 5.82 Å². The molecule has 0 aliphatic heterocycles. The highest BCUT2D eigenvalue weighted by Gasteiger charge is 2.22. The number of aromatic amines is 1. The van der Waals surface area contributed by atoms with Gasteiger partial charge in [-0.25, -0.2) is 4.98 Å².